The van der Waals surface area contributed by atoms with Crippen molar-refractivity contribution in [2.75, 3.05) is 24.6 Å². The first-order chi connectivity index (χ1) is 7.35. The van der Waals surface area contributed by atoms with Crippen LogP contribution in [-0.4, -0.2) is 42.7 Å². The third-order valence-corrected chi connectivity index (χ3v) is 2.81. The van der Waals surface area contributed by atoms with Gasteiger partial charge in [-0.1, -0.05) is 6.92 Å². The predicted octanol–water partition coefficient (Wildman–Crippen LogP) is 1.40. The first-order valence-corrected chi connectivity index (χ1v) is 6.15. The highest BCUT2D eigenvalue weighted by Gasteiger charge is 2.27. The third-order valence-electron chi connectivity index (χ3n) is 1.67. The lowest BCUT2D eigenvalue weighted by Gasteiger charge is -2.13. The minimum absolute atomic E-state index is 0.0818. The summed E-state index contributed by atoms with van der Waals surface area (Å²) in [4.78, 5) is 11.0. The van der Waals surface area contributed by atoms with Gasteiger partial charge in [-0.3, -0.25) is 4.79 Å². The number of thioether (sulfide) groups is 1. The van der Waals surface area contributed by atoms with Crippen LogP contribution in [0.3, 0.4) is 0 Å². The van der Waals surface area contributed by atoms with Crippen LogP contribution in [0.5, 0.6) is 0 Å². The van der Waals surface area contributed by atoms with E-state index in [1.807, 2.05) is 13.8 Å². The Labute approximate surface area is 97.5 Å². The highest BCUT2D eigenvalue weighted by Crippen LogP contribution is 2.11. The summed E-state index contributed by atoms with van der Waals surface area (Å²) >= 11 is 1.71. The van der Waals surface area contributed by atoms with E-state index in [2.05, 4.69) is 5.32 Å². The van der Waals surface area contributed by atoms with E-state index >= 15 is 0 Å². The van der Waals surface area contributed by atoms with Gasteiger partial charge in [0.05, 0.1) is 6.54 Å². The Hall–Kier alpha value is -0.430. The maximum Gasteiger partial charge on any atom is 0.405 e. The summed E-state index contributed by atoms with van der Waals surface area (Å²) in [5, 5.41) is 4.65. The summed E-state index contributed by atoms with van der Waals surface area (Å²) in [6, 6.07) is 0.113. The first kappa shape index (κ1) is 15.6. The maximum absolute atomic E-state index is 11.7. The molecule has 0 heterocycles. The fourth-order valence-electron chi connectivity index (χ4n) is 0.882. The zero-order chi connectivity index (χ0) is 12.6. The monoisotopic (exact) mass is 258 g/mol. The molecule has 0 aromatic rings. The van der Waals surface area contributed by atoms with Gasteiger partial charge in [0.25, 0.3) is 0 Å². The van der Waals surface area contributed by atoms with E-state index in [9.17, 15) is 18.0 Å². The molecule has 0 rings (SSSR count). The molecule has 0 fully saturated rings. The molecule has 0 saturated heterocycles. The number of alkyl halides is 3. The number of hydrogen-bond acceptors (Lipinski definition) is 3. The maximum atomic E-state index is 11.7. The van der Waals surface area contributed by atoms with Crippen molar-refractivity contribution < 1.29 is 18.0 Å². The van der Waals surface area contributed by atoms with Crippen molar-refractivity contribution in [1.82, 2.24) is 10.6 Å². The molecule has 0 aromatic heterocycles. The Balaban J connectivity index is 3.57. The molecule has 3 nitrogen and oxygen atoms in total. The summed E-state index contributed by atoms with van der Waals surface area (Å²) in [5.74, 6) is 1.18. The molecule has 2 N–H and O–H groups in total. The second-order valence-electron chi connectivity index (χ2n) is 3.33. The van der Waals surface area contributed by atoms with E-state index in [1.54, 1.807) is 17.1 Å². The topological polar surface area (TPSA) is 41.1 Å². The standard InChI is InChI=1S/C9H17F3N2OS/c1-3-16-5-7(2)13-4-8(15)14-6-9(10,11)12/h7,13H,3-6H2,1-2H3,(H,14,15). The minimum atomic E-state index is -4.35. The molecule has 0 radical (unpaired) electrons. The van der Waals surface area contributed by atoms with Gasteiger partial charge < -0.3 is 10.6 Å². The molecule has 1 amide bonds. The van der Waals surface area contributed by atoms with Gasteiger partial charge in [-0.05, 0) is 12.7 Å². The van der Waals surface area contributed by atoms with Crippen LogP contribution in [0, 0.1) is 0 Å². The van der Waals surface area contributed by atoms with Crippen molar-refractivity contribution in [1.29, 1.82) is 0 Å². The summed E-state index contributed by atoms with van der Waals surface area (Å²) in [5.41, 5.74) is 0. The van der Waals surface area contributed by atoms with E-state index in [4.69, 9.17) is 0 Å². The zero-order valence-corrected chi connectivity index (χ0v) is 10.2. The molecule has 1 unspecified atom stereocenters. The molecular weight excluding hydrogens is 241 g/mol. The van der Waals surface area contributed by atoms with Crippen molar-refractivity contribution in [3.8, 4) is 0 Å². The Bertz CT molecular complexity index is 211. The van der Waals surface area contributed by atoms with Crippen molar-refractivity contribution in [3.63, 3.8) is 0 Å². The highest BCUT2D eigenvalue weighted by atomic mass is 32.2. The van der Waals surface area contributed by atoms with Gasteiger partial charge in [0.1, 0.15) is 6.54 Å². The van der Waals surface area contributed by atoms with Crippen molar-refractivity contribution >= 4 is 17.7 Å². The molecule has 0 aliphatic carbocycles. The molecule has 0 bridgehead atoms. The molecule has 16 heavy (non-hydrogen) atoms. The van der Waals surface area contributed by atoms with E-state index in [1.165, 1.54) is 0 Å². The van der Waals surface area contributed by atoms with Crippen LogP contribution in [0.2, 0.25) is 0 Å². The Morgan fingerprint density at radius 1 is 1.44 bits per heavy atom. The normalized spacial score (nSPS) is 13.6. The van der Waals surface area contributed by atoms with Crippen LogP contribution in [0.1, 0.15) is 13.8 Å². The smallest absolute Gasteiger partial charge is 0.346 e. The SMILES string of the molecule is CCSCC(C)NCC(=O)NCC(F)(F)F. The van der Waals surface area contributed by atoms with Crippen LogP contribution >= 0.6 is 11.8 Å². The number of carbonyl (C=O) groups excluding carboxylic acids is 1. The van der Waals surface area contributed by atoms with E-state index in [-0.39, 0.29) is 12.6 Å². The molecule has 7 heteroatoms. The quantitative estimate of drug-likeness (QED) is 0.725. The highest BCUT2D eigenvalue weighted by molar-refractivity contribution is 7.99. The number of carbonyl (C=O) groups is 1. The predicted molar refractivity (Wildman–Crippen MR) is 59.5 cm³/mol. The lowest BCUT2D eigenvalue weighted by Crippen LogP contribution is -2.42. The van der Waals surface area contributed by atoms with Crippen LogP contribution in [0.25, 0.3) is 0 Å². The van der Waals surface area contributed by atoms with Crippen molar-refractivity contribution in [2.24, 2.45) is 0 Å². The van der Waals surface area contributed by atoms with E-state index in [0.717, 1.165) is 11.5 Å². The third kappa shape index (κ3) is 10.1. The average molecular weight is 258 g/mol. The Morgan fingerprint density at radius 3 is 2.56 bits per heavy atom. The lowest BCUT2D eigenvalue weighted by atomic mass is 10.4. The summed E-state index contributed by atoms with van der Waals surface area (Å²) < 4.78 is 35.2. The number of rotatable bonds is 7. The second-order valence-corrected chi connectivity index (χ2v) is 4.65. The van der Waals surface area contributed by atoms with E-state index in [0.29, 0.717) is 0 Å². The van der Waals surface area contributed by atoms with Gasteiger partial charge in [-0.25, -0.2) is 0 Å². The van der Waals surface area contributed by atoms with Gasteiger partial charge >= 0.3 is 6.18 Å². The molecule has 0 aliphatic rings. The number of nitrogens with one attached hydrogen (secondary N) is 2. The largest absolute Gasteiger partial charge is 0.405 e. The second kappa shape index (κ2) is 7.78. The molecule has 0 spiro atoms. The minimum Gasteiger partial charge on any atom is -0.346 e. The van der Waals surface area contributed by atoms with Crippen LogP contribution < -0.4 is 10.6 Å². The molecule has 0 aromatic carbocycles. The van der Waals surface area contributed by atoms with E-state index < -0.39 is 18.6 Å². The average Bonchev–Trinajstić information content (AvgIpc) is 2.19. The fourth-order valence-corrected chi connectivity index (χ4v) is 1.59. The lowest BCUT2D eigenvalue weighted by molar-refractivity contribution is -0.137. The van der Waals surface area contributed by atoms with Gasteiger partial charge in [-0.2, -0.15) is 24.9 Å². The summed E-state index contributed by atoms with van der Waals surface area (Å²) in [6.07, 6.45) is -4.35. The van der Waals surface area contributed by atoms with Gasteiger partial charge in [0, 0.05) is 11.8 Å². The molecule has 1 atom stereocenters. The van der Waals surface area contributed by atoms with Gasteiger partial charge in [0.15, 0.2) is 0 Å². The zero-order valence-electron chi connectivity index (χ0n) is 9.36. The first-order valence-electron chi connectivity index (χ1n) is 4.99. The summed E-state index contributed by atoms with van der Waals surface area (Å²) in [6.45, 7) is 2.56. The summed E-state index contributed by atoms with van der Waals surface area (Å²) in [7, 11) is 0. The molecule has 0 saturated carbocycles. The van der Waals surface area contributed by atoms with Crippen LogP contribution in [-0.2, 0) is 4.79 Å². The number of amides is 1. The molecular formula is C9H17F3N2OS. The fraction of sp³-hybridized carbons (Fsp3) is 0.889. The van der Waals surface area contributed by atoms with Gasteiger partial charge in [0.2, 0.25) is 5.91 Å². The Morgan fingerprint density at radius 2 is 2.06 bits per heavy atom. The van der Waals surface area contributed by atoms with Crippen molar-refractivity contribution in [3.05, 3.63) is 0 Å². The number of halogens is 3. The van der Waals surface area contributed by atoms with Crippen LogP contribution in [0.4, 0.5) is 13.2 Å². The number of hydrogen-bond donors (Lipinski definition) is 2. The molecule has 0 aliphatic heterocycles. The van der Waals surface area contributed by atoms with Gasteiger partial charge in [-0.15, -0.1) is 0 Å². The Kier molecular flexibility index (Phi) is 7.57. The van der Waals surface area contributed by atoms with Crippen LogP contribution in [0.15, 0.2) is 0 Å². The molecule has 96 valence electrons. The van der Waals surface area contributed by atoms with Crippen molar-refractivity contribution in [2.45, 2.75) is 26.1 Å².